The first-order valence-corrected chi connectivity index (χ1v) is 6.39. The van der Waals surface area contributed by atoms with Crippen LogP contribution in [-0.4, -0.2) is 30.6 Å². The van der Waals surface area contributed by atoms with Crippen LogP contribution in [0.5, 0.6) is 0 Å². The van der Waals surface area contributed by atoms with E-state index in [0.717, 1.165) is 31.3 Å². The van der Waals surface area contributed by atoms with E-state index in [4.69, 9.17) is 9.47 Å². The topological polar surface area (TPSA) is 55.8 Å². The highest BCUT2D eigenvalue weighted by Gasteiger charge is 2.25. The molecule has 0 aromatic carbocycles. The highest BCUT2D eigenvalue weighted by molar-refractivity contribution is 5.90. The molecule has 1 fully saturated rings. The number of hydrogen-bond donors (Lipinski definition) is 1. The van der Waals surface area contributed by atoms with Gasteiger partial charge in [-0.1, -0.05) is 12.0 Å². The number of carbonyl (C=O) groups is 1. The molecule has 1 N–H and O–H groups in total. The first-order chi connectivity index (χ1) is 8.20. The average molecular weight is 242 g/mol. The highest BCUT2D eigenvalue weighted by Crippen LogP contribution is 2.28. The Labute approximate surface area is 103 Å². The van der Waals surface area contributed by atoms with Gasteiger partial charge in [-0.05, 0) is 39.5 Å². The lowest BCUT2D eigenvalue weighted by molar-refractivity contribution is -0.145. The Balaban J connectivity index is 2.87. The van der Waals surface area contributed by atoms with Crippen molar-refractivity contribution in [1.82, 2.24) is 0 Å². The fourth-order valence-corrected chi connectivity index (χ4v) is 2.12. The van der Waals surface area contributed by atoms with Crippen molar-refractivity contribution < 1.29 is 19.4 Å². The van der Waals surface area contributed by atoms with Crippen LogP contribution in [0.15, 0.2) is 11.1 Å². The molecule has 0 radical (unpaired) electrons. The van der Waals surface area contributed by atoms with Crippen LogP contribution in [0, 0.1) is 0 Å². The van der Waals surface area contributed by atoms with Crippen molar-refractivity contribution in [3.8, 4) is 0 Å². The molecule has 98 valence electrons. The molecule has 0 heterocycles. The molecule has 1 saturated carbocycles. The minimum Gasteiger partial charge on any atom is -0.462 e. The first-order valence-electron chi connectivity index (χ1n) is 6.39. The highest BCUT2D eigenvalue weighted by atomic mass is 16.6. The van der Waals surface area contributed by atoms with E-state index in [9.17, 15) is 9.90 Å². The van der Waals surface area contributed by atoms with Gasteiger partial charge >= 0.3 is 5.97 Å². The largest absolute Gasteiger partial charge is 0.462 e. The van der Waals surface area contributed by atoms with Gasteiger partial charge in [0.2, 0.25) is 0 Å². The second kappa shape index (κ2) is 7.45. The molecule has 0 saturated heterocycles. The summed E-state index contributed by atoms with van der Waals surface area (Å²) in [6.07, 6.45) is 3.89. The van der Waals surface area contributed by atoms with Crippen LogP contribution in [0.25, 0.3) is 0 Å². The molecule has 4 nitrogen and oxygen atoms in total. The summed E-state index contributed by atoms with van der Waals surface area (Å²) in [5, 5.41) is 9.88. The molecule has 0 spiro atoms. The molecule has 1 rings (SSSR count). The number of allylic oxidation sites excluding steroid dienone is 1. The summed E-state index contributed by atoms with van der Waals surface area (Å²) in [4.78, 5) is 11.8. The van der Waals surface area contributed by atoms with Gasteiger partial charge in [0.05, 0.1) is 12.2 Å². The van der Waals surface area contributed by atoms with E-state index in [1.165, 1.54) is 6.42 Å². The van der Waals surface area contributed by atoms with Crippen molar-refractivity contribution in [2.24, 2.45) is 0 Å². The van der Waals surface area contributed by atoms with Crippen molar-refractivity contribution in [2.75, 3.05) is 13.2 Å². The quantitative estimate of drug-likeness (QED) is 0.456. The predicted molar refractivity (Wildman–Crippen MR) is 64.4 cm³/mol. The molecule has 1 atom stereocenters. The monoisotopic (exact) mass is 242 g/mol. The number of esters is 1. The second-order valence-electron chi connectivity index (χ2n) is 4.11. The number of aliphatic hydroxyl groups is 1. The van der Waals surface area contributed by atoms with Crippen molar-refractivity contribution in [2.45, 2.75) is 52.2 Å². The molecule has 1 aliphatic carbocycles. The molecule has 0 amide bonds. The van der Waals surface area contributed by atoms with Gasteiger partial charge in [-0.15, -0.1) is 0 Å². The van der Waals surface area contributed by atoms with Crippen LogP contribution in [0.1, 0.15) is 46.0 Å². The molecular formula is C13H22O4. The van der Waals surface area contributed by atoms with Crippen LogP contribution >= 0.6 is 0 Å². The summed E-state index contributed by atoms with van der Waals surface area (Å²) in [5.74, 6) is -0.439. The third-order valence-corrected chi connectivity index (χ3v) is 2.90. The SMILES string of the molecule is CCOC(=O)C(=C1CCCCC1)C(O)OCC. The van der Waals surface area contributed by atoms with Crippen LogP contribution in [-0.2, 0) is 14.3 Å². The Kier molecular flexibility index (Phi) is 6.22. The smallest absolute Gasteiger partial charge is 0.339 e. The van der Waals surface area contributed by atoms with Crippen LogP contribution in [0.2, 0.25) is 0 Å². The van der Waals surface area contributed by atoms with Gasteiger partial charge in [0.15, 0.2) is 6.29 Å². The summed E-state index contributed by atoms with van der Waals surface area (Å²) >= 11 is 0. The molecule has 1 unspecified atom stereocenters. The summed E-state index contributed by atoms with van der Waals surface area (Å²) in [6.45, 7) is 4.23. The molecule has 4 heteroatoms. The lowest BCUT2D eigenvalue weighted by Gasteiger charge is -2.21. The number of hydrogen-bond acceptors (Lipinski definition) is 4. The molecular weight excluding hydrogens is 220 g/mol. The van der Waals surface area contributed by atoms with E-state index >= 15 is 0 Å². The minimum atomic E-state index is -1.15. The minimum absolute atomic E-state index is 0.314. The average Bonchev–Trinajstić information content (AvgIpc) is 2.31. The zero-order chi connectivity index (χ0) is 12.7. The normalized spacial score (nSPS) is 17.7. The number of aliphatic hydroxyl groups excluding tert-OH is 1. The van der Waals surface area contributed by atoms with Gasteiger partial charge in [-0.25, -0.2) is 4.79 Å². The molecule has 17 heavy (non-hydrogen) atoms. The van der Waals surface area contributed by atoms with Gasteiger partial charge in [-0.3, -0.25) is 0 Å². The maximum Gasteiger partial charge on any atom is 0.339 e. The van der Waals surface area contributed by atoms with E-state index in [1.54, 1.807) is 13.8 Å². The third kappa shape index (κ3) is 4.13. The Morgan fingerprint density at radius 3 is 2.41 bits per heavy atom. The molecule has 0 aliphatic heterocycles. The van der Waals surface area contributed by atoms with Crippen molar-refractivity contribution in [3.63, 3.8) is 0 Å². The zero-order valence-corrected chi connectivity index (χ0v) is 10.7. The number of ether oxygens (including phenoxy) is 2. The van der Waals surface area contributed by atoms with E-state index in [-0.39, 0.29) is 0 Å². The lowest BCUT2D eigenvalue weighted by Crippen LogP contribution is -2.25. The van der Waals surface area contributed by atoms with E-state index in [2.05, 4.69) is 0 Å². The predicted octanol–water partition coefficient (Wildman–Crippen LogP) is 2.17. The van der Waals surface area contributed by atoms with E-state index < -0.39 is 12.3 Å². The number of carbonyl (C=O) groups excluding carboxylic acids is 1. The van der Waals surface area contributed by atoms with Crippen LogP contribution in [0.3, 0.4) is 0 Å². The van der Waals surface area contributed by atoms with E-state index in [0.29, 0.717) is 18.8 Å². The molecule has 1 aliphatic rings. The third-order valence-electron chi connectivity index (χ3n) is 2.90. The zero-order valence-electron chi connectivity index (χ0n) is 10.7. The van der Waals surface area contributed by atoms with Crippen LogP contribution in [0.4, 0.5) is 0 Å². The fraction of sp³-hybridized carbons (Fsp3) is 0.769. The summed E-state index contributed by atoms with van der Waals surface area (Å²) in [5.41, 5.74) is 1.32. The summed E-state index contributed by atoms with van der Waals surface area (Å²) in [6, 6.07) is 0. The van der Waals surface area contributed by atoms with E-state index in [1.807, 2.05) is 0 Å². The molecule has 0 aromatic heterocycles. The second-order valence-corrected chi connectivity index (χ2v) is 4.11. The standard InChI is InChI=1S/C13H22O4/c1-3-16-12(14)11(13(15)17-4-2)10-8-6-5-7-9-10/h12,14H,3-9H2,1-2H3. The summed E-state index contributed by atoms with van der Waals surface area (Å²) < 4.78 is 10.1. The van der Waals surface area contributed by atoms with Gasteiger partial charge in [-0.2, -0.15) is 0 Å². The Morgan fingerprint density at radius 2 is 1.88 bits per heavy atom. The molecule has 0 bridgehead atoms. The van der Waals surface area contributed by atoms with Gasteiger partial charge in [0.1, 0.15) is 0 Å². The van der Waals surface area contributed by atoms with Crippen LogP contribution < -0.4 is 0 Å². The Morgan fingerprint density at radius 1 is 1.24 bits per heavy atom. The Bertz CT molecular complexity index is 275. The summed E-state index contributed by atoms with van der Waals surface area (Å²) in [7, 11) is 0. The maximum absolute atomic E-state index is 11.8. The maximum atomic E-state index is 11.8. The van der Waals surface area contributed by atoms with Crippen molar-refractivity contribution in [3.05, 3.63) is 11.1 Å². The first kappa shape index (κ1) is 14.2. The Hall–Kier alpha value is -0.870. The van der Waals surface area contributed by atoms with Gasteiger partial charge in [0, 0.05) is 6.61 Å². The van der Waals surface area contributed by atoms with Crippen molar-refractivity contribution >= 4 is 5.97 Å². The number of rotatable bonds is 5. The van der Waals surface area contributed by atoms with Gasteiger partial charge in [0.25, 0.3) is 0 Å². The lowest BCUT2D eigenvalue weighted by atomic mass is 9.90. The molecule has 0 aromatic rings. The van der Waals surface area contributed by atoms with Gasteiger partial charge < -0.3 is 14.6 Å². The van der Waals surface area contributed by atoms with Crippen molar-refractivity contribution in [1.29, 1.82) is 0 Å². The fourth-order valence-electron chi connectivity index (χ4n) is 2.12.